The second kappa shape index (κ2) is 48.8. The van der Waals surface area contributed by atoms with Crippen molar-refractivity contribution < 1.29 is 102 Å². The second-order valence-corrected chi connectivity index (χ2v) is 29.8. The van der Waals surface area contributed by atoms with E-state index in [-0.39, 0.29) is 37.0 Å². The highest BCUT2D eigenvalue weighted by Crippen LogP contribution is 2.48. The molecule has 12 N–H and O–H groups in total. The standard InChI is InChI=1S/C68H127N4O21PS/c1-3-5-7-9-11-13-15-17-19-21-23-25-27-34-40-86-46-49(87-41-35-28-26-24-22-20-18-16-14-12-10-8-6-4-2)47-88-94(84,85)93-65-51(89-66-63(81)61(79)59(77)53(44-73)91-66)42-72(43-52(65)90-67-64(82)62(80)60(78)54(45-74)92-67)57(76)38-30-29-33-39-69-56(75)37-32-31-36-55-58-50(48-95-55)70-68(83)71-58/h49-55,58-67,73-74,77-82H,3-48H2,1-2H3,(H,69,75)(H,84,85)(H2,70,71,83)/t49-,50+,51-,52+,53-,54-,55+,58+,59-,60-,61+,62+,63+,64+,65?,66+,67+/m1/s1. The molecule has 95 heavy (non-hydrogen) atoms. The highest BCUT2D eigenvalue weighted by molar-refractivity contribution is 8.00. The summed E-state index contributed by atoms with van der Waals surface area (Å²) in [5.41, 5.74) is 0. The van der Waals surface area contributed by atoms with Gasteiger partial charge in [0.25, 0.3) is 0 Å². The van der Waals surface area contributed by atoms with Crippen molar-refractivity contribution in [3.63, 3.8) is 0 Å². The van der Waals surface area contributed by atoms with Gasteiger partial charge in [0.15, 0.2) is 12.6 Å². The molecule has 5 rings (SSSR count). The maximum Gasteiger partial charge on any atom is 0.472 e. The zero-order valence-electron chi connectivity index (χ0n) is 57.6. The number of likely N-dealkylation sites (tertiary alicyclic amines) is 1. The number of phosphoric acid groups is 1. The lowest BCUT2D eigenvalue weighted by atomic mass is 9.97. The van der Waals surface area contributed by atoms with Crippen LogP contribution in [0.25, 0.3) is 0 Å². The van der Waals surface area contributed by atoms with Crippen molar-refractivity contribution in [2.75, 3.05) is 65.0 Å². The molecule has 5 aliphatic rings. The minimum absolute atomic E-state index is 0.0418. The van der Waals surface area contributed by atoms with Gasteiger partial charge in [0, 0.05) is 56.7 Å². The molecule has 0 aromatic rings. The number of aliphatic hydroxyl groups is 8. The van der Waals surface area contributed by atoms with Gasteiger partial charge in [-0.1, -0.05) is 194 Å². The van der Waals surface area contributed by atoms with Crippen molar-refractivity contribution in [3.05, 3.63) is 0 Å². The zero-order valence-corrected chi connectivity index (χ0v) is 59.3. The number of phosphoric ester groups is 1. The third-order valence-electron chi connectivity index (χ3n) is 19.1. The summed E-state index contributed by atoms with van der Waals surface area (Å²) in [5, 5.41) is 94.7. The largest absolute Gasteiger partial charge is 0.472 e. The fourth-order valence-corrected chi connectivity index (χ4v) is 15.8. The van der Waals surface area contributed by atoms with Gasteiger partial charge in [-0.05, 0) is 38.5 Å². The molecule has 4 amide bonds. The van der Waals surface area contributed by atoms with E-state index in [1.807, 2.05) is 11.8 Å². The van der Waals surface area contributed by atoms with E-state index in [1.165, 1.54) is 133 Å². The Hall–Kier alpha value is -1.89. The minimum Gasteiger partial charge on any atom is -0.394 e. The number of hydrogen-bond donors (Lipinski definition) is 12. The number of hydrogen-bond acceptors (Lipinski definition) is 21. The van der Waals surface area contributed by atoms with Crippen molar-refractivity contribution >= 4 is 37.4 Å². The summed E-state index contributed by atoms with van der Waals surface area (Å²) in [4.78, 5) is 51.8. The molecular weight excluding hydrogens is 1270 g/mol. The minimum atomic E-state index is -5.26. The first kappa shape index (κ1) is 83.8. The maximum atomic E-state index is 14.5. The van der Waals surface area contributed by atoms with E-state index >= 15 is 0 Å². The fourth-order valence-electron chi connectivity index (χ4n) is 13.2. The fraction of sp³-hybridized carbons (Fsp3) is 0.956. The van der Waals surface area contributed by atoms with E-state index in [4.69, 9.17) is 37.5 Å². The number of rotatable bonds is 55. The Labute approximate surface area is 571 Å². The Balaban J connectivity index is 1.21. The number of thioether (sulfide) groups is 1. The van der Waals surface area contributed by atoms with Crippen molar-refractivity contribution in [3.8, 4) is 0 Å². The van der Waals surface area contributed by atoms with Crippen LogP contribution >= 0.6 is 19.6 Å². The average molecular weight is 1400 g/mol. The molecule has 25 nitrogen and oxygen atoms in total. The number of carbonyl (C=O) groups excluding carboxylic acids is 3. The van der Waals surface area contributed by atoms with Gasteiger partial charge < -0.3 is 95.0 Å². The molecule has 0 bridgehead atoms. The molecule has 0 aromatic carbocycles. The number of amides is 4. The molecule has 556 valence electrons. The van der Waals surface area contributed by atoms with Crippen LogP contribution in [0.2, 0.25) is 0 Å². The summed E-state index contributed by atoms with van der Waals surface area (Å²) in [6.07, 6.45) is 14.1. The zero-order chi connectivity index (χ0) is 68.6. The van der Waals surface area contributed by atoms with Crippen molar-refractivity contribution in [2.45, 2.75) is 348 Å². The summed E-state index contributed by atoms with van der Waals surface area (Å²) < 4.78 is 62.5. The van der Waals surface area contributed by atoms with Gasteiger partial charge in [-0.2, -0.15) is 11.8 Å². The van der Waals surface area contributed by atoms with Gasteiger partial charge in [0.2, 0.25) is 11.8 Å². The topological polar surface area (TPSA) is 364 Å². The van der Waals surface area contributed by atoms with Crippen LogP contribution in [0.3, 0.4) is 0 Å². The van der Waals surface area contributed by atoms with E-state index in [9.17, 15) is 64.7 Å². The molecule has 5 saturated heterocycles. The Morgan fingerprint density at radius 3 is 1.55 bits per heavy atom. The van der Waals surface area contributed by atoms with Gasteiger partial charge in [-0.25, -0.2) is 9.36 Å². The van der Waals surface area contributed by atoms with Crippen LogP contribution in [0, 0.1) is 0 Å². The molecule has 18 atom stereocenters. The molecule has 5 heterocycles. The van der Waals surface area contributed by atoms with Crippen LogP contribution in [-0.2, 0) is 51.6 Å². The number of nitrogens with zero attached hydrogens (tertiary/aromatic N) is 1. The van der Waals surface area contributed by atoms with Gasteiger partial charge >= 0.3 is 13.9 Å². The van der Waals surface area contributed by atoms with Crippen LogP contribution in [0.15, 0.2) is 0 Å². The Kier molecular flexibility index (Phi) is 43.1. The van der Waals surface area contributed by atoms with Crippen molar-refractivity contribution in [2.24, 2.45) is 0 Å². The van der Waals surface area contributed by atoms with Gasteiger partial charge in [0.1, 0.15) is 73.2 Å². The van der Waals surface area contributed by atoms with Crippen LogP contribution in [0.1, 0.15) is 245 Å². The van der Waals surface area contributed by atoms with E-state index in [0.717, 1.165) is 70.0 Å². The summed E-state index contributed by atoms with van der Waals surface area (Å²) in [7, 11) is -5.26. The summed E-state index contributed by atoms with van der Waals surface area (Å²) in [6, 6.07) is 0.115. The Morgan fingerprint density at radius 1 is 0.589 bits per heavy atom. The first-order chi connectivity index (χ1) is 46.0. The van der Waals surface area contributed by atoms with Crippen LogP contribution in [0.4, 0.5) is 4.79 Å². The van der Waals surface area contributed by atoms with Gasteiger partial charge in [0.05, 0.1) is 38.5 Å². The second-order valence-electron chi connectivity index (χ2n) is 27.2. The smallest absolute Gasteiger partial charge is 0.394 e. The molecule has 0 radical (unpaired) electrons. The molecule has 0 spiro atoms. The number of urea groups is 1. The molecular formula is C68H127N4O21PS. The molecule has 0 saturated carbocycles. The molecule has 5 fully saturated rings. The monoisotopic (exact) mass is 1400 g/mol. The predicted molar refractivity (Wildman–Crippen MR) is 361 cm³/mol. The number of piperidine rings is 1. The Bertz CT molecular complexity index is 2040. The van der Waals surface area contributed by atoms with E-state index in [1.54, 1.807) is 0 Å². The van der Waals surface area contributed by atoms with Crippen LogP contribution in [-0.4, -0.2) is 237 Å². The number of aliphatic hydroxyl groups excluding tert-OH is 8. The van der Waals surface area contributed by atoms with Gasteiger partial charge in [-0.15, -0.1) is 0 Å². The Morgan fingerprint density at radius 2 is 1.05 bits per heavy atom. The third-order valence-corrected chi connectivity index (χ3v) is 21.6. The number of fused-ring (bicyclic) bond motifs is 1. The first-order valence-corrected chi connectivity index (χ1v) is 39.5. The molecule has 0 aromatic heterocycles. The highest BCUT2D eigenvalue weighted by atomic mass is 32.2. The first-order valence-electron chi connectivity index (χ1n) is 37.0. The number of unbranched alkanes of at least 4 members (excludes halogenated alkanes) is 29. The normalized spacial score (nSPS) is 29.5. The lowest BCUT2D eigenvalue weighted by Gasteiger charge is -2.48. The third kappa shape index (κ3) is 31.9. The molecule has 5 aliphatic heterocycles. The van der Waals surface area contributed by atoms with Gasteiger partial charge in [-0.3, -0.25) is 18.6 Å². The lowest BCUT2D eigenvalue weighted by molar-refractivity contribution is -0.339. The highest BCUT2D eigenvalue weighted by Gasteiger charge is 2.53. The molecule has 0 aliphatic carbocycles. The lowest BCUT2D eigenvalue weighted by Crippen LogP contribution is -2.65. The van der Waals surface area contributed by atoms with Crippen LogP contribution in [0.5, 0.6) is 0 Å². The summed E-state index contributed by atoms with van der Waals surface area (Å²) >= 11 is 1.83. The van der Waals surface area contributed by atoms with E-state index in [0.29, 0.717) is 57.1 Å². The van der Waals surface area contributed by atoms with E-state index in [2.05, 4.69) is 29.8 Å². The quantitative estimate of drug-likeness (QED) is 0.0160. The predicted octanol–water partition coefficient (Wildman–Crippen LogP) is 7.47. The number of nitrogens with one attached hydrogen (secondary N) is 3. The molecule has 27 heteroatoms. The van der Waals surface area contributed by atoms with Crippen LogP contribution < -0.4 is 16.0 Å². The summed E-state index contributed by atoms with van der Waals surface area (Å²) in [6.45, 7) is 2.72. The summed E-state index contributed by atoms with van der Waals surface area (Å²) in [5.74, 6) is 0.316. The molecule has 2 unspecified atom stereocenters. The average Bonchev–Trinajstić information content (AvgIpc) is 1.79. The number of carbonyl (C=O) groups is 3. The van der Waals surface area contributed by atoms with E-state index < -0.39 is 132 Å². The maximum absolute atomic E-state index is 14.5. The SMILES string of the molecule is CCCCCCCCCCCCCCCCOC[C@H](COP(=O)(O)OC1[C@@H](O[C@H]2O[C@H](CO)[C@@H](O)[C@H](O)[C@@H]2O)CN(C(=O)CCCCCNC(=O)CCCC[C@@H]2SC[C@@H]3NC(=O)N[C@@H]32)C[C@H]1O[C@H]1O[C@H](CO)[C@@H](O)[C@H](O)[C@@H]1O)OCCCCCCCCCCCCCCCC. The number of ether oxygens (including phenoxy) is 6. The van der Waals surface area contributed by atoms with Crippen molar-refractivity contribution in [1.82, 2.24) is 20.9 Å². The van der Waals surface area contributed by atoms with Crippen molar-refractivity contribution in [1.29, 1.82) is 0 Å².